The average molecular weight is 343 g/mol. The maximum absolute atomic E-state index is 13.3. The predicted molar refractivity (Wildman–Crippen MR) is 88.6 cm³/mol. The Morgan fingerprint density at radius 3 is 2.73 bits per heavy atom. The largest absolute Gasteiger partial charge is 0.325 e. The molecule has 0 radical (unpaired) electrons. The monoisotopic (exact) mass is 342 g/mol. The van der Waals surface area contributed by atoms with Gasteiger partial charge in [-0.2, -0.15) is 0 Å². The Kier molecular flexibility index (Phi) is 5.26. The maximum atomic E-state index is 13.3. The lowest BCUT2D eigenvalue weighted by atomic mass is 10.1. The van der Waals surface area contributed by atoms with Gasteiger partial charge in [-0.3, -0.25) is 4.79 Å². The summed E-state index contributed by atoms with van der Waals surface area (Å²) in [6.07, 6.45) is 3.81. The van der Waals surface area contributed by atoms with Crippen LogP contribution in [0.2, 0.25) is 5.02 Å². The van der Waals surface area contributed by atoms with Crippen molar-refractivity contribution in [1.29, 1.82) is 0 Å². The minimum atomic E-state index is -0.417. The van der Waals surface area contributed by atoms with E-state index in [1.54, 1.807) is 23.9 Å². The molecule has 2 heterocycles. The van der Waals surface area contributed by atoms with Gasteiger partial charge in [0.2, 0.25) is 5.91 Å². The van der Waals surface area contributed by atoms with Gasteiger partial charge >= 0.3 is 0 Å². The van der Waals surface area contributed by atoms with Crippen LogP contribution >= 0.6 is 23.4 Å². The van der Waals surface area contributed by atoms with Crippen molar-refractivity contribution in [2.45, 2.75) is 24.6 Å². The lowest BCUT2D eigenvalue weighted by Gasteiger charge is -2.30. The summed E-state index contributed by atoms with van der Waals surface area (Å²) in [6, 6.07) is 4.75. The molecule has 120 valence electrons. The summed E-state index contributed by atoms with van der Waals surface area (Å²) in [5, 5.41) is 0.0730. The van der Waals surface area contributed by atoms with Crippen LogP contribution in [0.3, 0.4) is 0 Å². The first-order chi connectivity index (χ1) is 10.6. The Hall–Kier alpha value is -0.780. The summed E-state index contributed by atoms with van der Waals surface area (Å²) in [7, 11) is 0. The zero-order chi connectivity index (χ0) is 15.5. The van der Waals surface area contributed by atoms with E-state index in [4.69, 9.17) is 11.6 Å². The van der Waals surface area contributed by atoms with Gasteiger partial charge < -0.3 is 9.80 Å². The van der Waals surface area contributed by atoms with Crippen molar-refractivity contribution in [2.24, 2.45) is 0 Å². The fraction of sp³-hybridized carbons (Fsp3) is 0.562. The quantitative estimate of drug-likeness (QED) is 0.836. The van der Waals surface area contributed by atoms with Gasteiger partial charge in [-0.05, 0) is 43.6 Å². The molecule has 1 aromatic rings. The minimum Gasteiger partial charge on any atom is -0.325 e. The van der Waals surface area contributed by atoms with Gasteiger partial charge in [0.25, 0.3) is 0 Å². The summed E-state index contributed by atoms with van der Waals surface area (Å²) >= 11 is 7.47. The fourth-order valence-electron chi connectivity index (χ4n) is 3.07. The third kappa shape index (κ3) is 3.58. The number of carbonyl (C=O) groups excluding carboxylic acids is 1. The molecule has 1 aromatic carbocycles. The number of likely N-dealkylation sites (tertiary alicyclic amines) is 1. The molecule has 1 amide bonds. The molecule has 0 aromatic heterocycles. The van der Waals surface area contributed by atoms with Gasteiger partial charge in [0.1, 0.15) is 11.2 Å². The number of carbonyl (C=O) groups is 1. The summed E-state index contributed by atoms with van der Waals surface area (Å²) in [5.41, 5.74) is 0.904. The Balaban J connectivity index is 1.67. The molecular weight excluding hydrogens is 323 g/mol. The molecule has 0 saturated carbocycles. The molecule has 2 fully saturated rings. The molecule has 3 rings (SSSR count). The van der Waals surface area contributed by atoms with E-state index in [-0.39, 0.29) is 16.3 Å². The van der Waals surface area contributed by atoms with Gasteiger partial charge in [0.05, 0.1) is 10.8 Å². The molecule has 6 heteroatoms. The maximum Gasteiger partial charge on any atom is 0.233 e. The van der Waals surface area contributed by atoms with Gasteiger partial charge in [0.15, 0.2) is 0 Å². The second-order valence-corrected chi connectivity index (χ2v) is 7.30. The van der Waals surface area contributed by atoms with E-state index in [1.165, 1.54) is 25.3 Å². The Bertz CT molecular complexity index is 551. The summed E-state index contributed by atoms with van der Waals surface area (Å²) < 4.78 is 13.3. The van der Waals surface area contributed by atoms with Crippen LogP contribution < -0.4 is 0 Å². The van der Waals surface area contributed by atoms with Crippen molar-refractivity contribution in [1.82, 2.24) is 9.80 Å². The average Bonchev–Trinajstić information content (AvgIpc) is 2.90. The summed E-state index contributed by atoms with van der Waals surface area (Å²) in [4.78, 5) is 16.5. The second-order valence-electron chi connectivity index (χ2n) is 5.83. The Labute approximate surface area is 139 Å². The number of piperidine rings is 1. The number of nitrogens with zero attached hydrogens (tertiary/aromatic N) is 2. The highest BCUT2D eigenvalue weighted by Gasteiger charge is 2.33. The fourth-order valence-corrected chi connectivity index (χ4v) is 4.47. The molecule has 0 spiro atoms. The van der Waals surface area contributed by atoms with Crippen molar-refractivity contribution >= 4 is 29.3 Å². The van der Waals surface area contributed by atoms with Crippen LogP contribution in [-0.2, 0) is 4.79 Å². The summed E-state index contributed by atoms with van der Waals surface area (Å²) in [6.45, 7) is 3.90. The Morgan fingerprint density at radius 1 is 1.23 bits per heavy atom. The SMILES string of the molecule is O=C1CSC(c2ccc(F)c(Cl)c2)N1CCN1CCCCC1. The van der Waals surface area contributed by atoms with Gasteiger partial charge in [-0.15, -0.1) is 11.8 Å². The lowest BCUT2D eigenvalue weighted by Crippen LogP contribution is -2.39. The first kappa shape index (κ1) is 16.1. The predicted octanol–water partition coefficient (Wildman–Crippen LogP) is 3.54. The zero-order valence-corrected chi connectivity index (χ0v) is 14.0. The molecule has 22 heavy (non-hydrogen) atoms. The standard InChI is InChI=1S/C16H20ClFN2OS/c17-13-10-12(4-5-14(13)18)16-20(15(21)11-22-16)9-8-19-6-2-1-3-7-19/h4-5,10,16H,1-3,6-9,11H2. The van der Waals surface area contributed by atoms with E-state index in [1.807, 2.05) is 4.90 Å². The molecule has 1 atom stereocenters. The van der Waals surface area contributed by atoms with E-state index >= 15 is 0 Å². The lowest BCUT2D eigenvalue weighted by molar-refractivity contribution is -0.128. The number of benzene rings is 1. The normalized spacial score (nSPS) is 23.3. The highest BCUT2D eigenvalue weighted by Crippen LogP contribution is 2.39. The highest BCUT2D eigenvalue weighted by atomic mass is 35.5. The first-order valence-electron chi connectivity index (χ1n) is 7.73. The number of hydrogen-bond donors (Lipinski definition) is 0. The van der Waals surface area contributed by atoms with Crippen LogP contribution in [0.4, 0.5) is 4.39 Å². The van der Waals surface area contributed by atoms with E-state index in [2.05, 4.69) is 4.90 Å². The minimum absolute atomic E-state index is 0.0459. The molecule has 3 nitrogen and oxygen atoms in total. The van der Waals surface area contributed by atoms with Crippen molar-refractivity contribution in [2.75, 3.05) is 31.9 Å². The van der Waals surface area contributed by atoms with Gasteiger partial charge in [0, 0.05) is 13.1 Å². The topological polar surface area (TPSA) is 23.6 Å². The number of halogens is 2. The van der Waals surface area contributed by atoms with E-state index in [0.29, 0.717) is 5.75 Å². The molecule has 1 unspecified atom stereocenters. The van der Waals surface area contributed by atoms with Crippen molar-refractivity contribution < 1.29 is 9.18 Å². The molecule has 0 bridgehead atoms. The van der Waals surface area contributed by atoms with Crippen molar-refractivity contribution in [3.8, 4) is 0 Å². The third-order valence-corrected chi connectivity index (χ3v) is 5.85. The molecule has 0 aliphatic carbocycles. The molecule has 2 saturated heterocycles. The van der Waals surface area contributed by atoms with Crippen LogP contribution in [0.25, 0.3) is 0 Å². The van der Waals surface area contributed by atoms with Crippen LogP contribution in [0.15, 0.2) is 18.2 Å². The van der Waals surface area contributed by atoms with Gasteiger partial charge in [-0.1, -0.05) is 24.1 Å². The van der Waals surface area contributed by atoms with Crippen molar-refractivity contribution in [3.05, 3.63) is 34.6 Å². The number of thioether (sulfide) groups is 1. The first-order valence-corrected chi connectivity index (χ1v) is 9.16. The molecule has 2 aliphatic heterocycles. The smallest absolute Gasteiger partial charge is 0.233 e. The van der Waals surface area contributed by atoms with Crippen LogP contribution in [-0.4, -0.2) is 47.6 Å². The molecular formula is C16H20ClFN2OS. The van der Waals surface area contributed by atoms with Crippen LogP contribution in [0, 0.1) is 5.82 Å². The second kappa shape index (κ2) is 7.20. The number of amides is 1. The van der Waals surface area contributed by atoms with E-state index < -0.39 is 5.82 Å². The highest BCUT2D eigenvalue weighted by molar-refractivity contribution is 8.00. The Morgan fingerprint density at radius 2 is 2.00 bits per heavy atom. The van der Waals surface area contributed by atoms with Crippen LogP contribution in [0.1, 0.15) is 30.2 Å². The van der Waals surface area contributed by atoms with Crippen LogP contribution in [0.5, 0.6) is 0 Å². The third-order valence-electron chi connectivity index (χ3n) is 4.30. The van der Waals surface area contributed by atoms with E-state index in [0.717, 1.165) is 31.7 Å². The zero-order valence-electron chi connectivity index (χ0n) is 12.4. The summed E-state index contributed by atoms with van der Waals surface area (Å²) in [5.74, 6) is 0.228. The van der Waals surface area contributed by atoms with E-state index in [9.17, 15) is 9.18 Å². The number of rotatable bonds is 4. The number of hydrogen-bond acceptors (Lipinski definition) is 3. The van der Waals surface area contributed by atoms with Gasteiger partial charge in [-0.25, -0.2) is 4.39 Å². The van der Waals surface area contributed by atoms with Crippen molar-refractivity contribution in [3.63, 3.8) is 0 Å². The molecule has 2 aliphatic rings. The molecule has 0 N–H and O–H groups in total.